The molecule has 0 spiro atoms. The van der Waals surface area contributed by atoms with Gasteiger partial charge >= 0.3 is 5.97 Å². The maximum absolute atomic E-state index is 10.8. The molecule has 0 aromatic heterocycles. The Kier molecular flexibility index (Phi) is 9.83. The quantitative estimate of drug-likeness (QED) is 0.366. The van der Waals surface area contributed by atoms with E-state index in [0.717, 1.165) is 18.1 Å². The average Bonchev–Trinajstić information content (AvgIpc) is 2.22. The normalized spacial score (nSPS) is 12.5. The van der Waals surface area contributed by atoms with E-state index in [2.05, 4.69) is 17.9 Å². The summed E-state index contributed by atoms with van der Waals surface area (Å²) in [6, 6.07) is 0. The fraction of sp³-hybridized carbons (Fsp3) is 0.900. The molecule has 0 aliphatic heterocycles. The molecule has 0 heterocycles. The van der Waals surface area contributed by atoms with Crippen LogP contribution in [-0.2, 0) is 9.53 Å². The van der Waals surface area contributed by atoms with Crippen molar-refractivity contribution in [3.63, 3.8) is 0 Å². The van der Waals surface area contributed by atoms with Gasteiger partial charge in [0.05, 0.1) is 7.11 Å². The van der Waals surface area contributed by atoms with Crippen LogP contribution >= 0.6 is 21.6 Å². The maximum atomic E-state index is 10.8. The fourth-order valence-corrected chi connectivity index (χ4v) is 3.38. The number of methoxy groups -OCH3 is 1. The molecule has 0 saturated heterocycles. The van der Waals surface area contributed by atoms with Gasteiger partial charge in [-0.05, 0) is 25.5 Å². The third-order valence-electron chi connectivity index (χ3n) is 2.07. The second kappa shape index (κ2) is 9.71. The molecular formula is C10H20O2S2. The van der Waals surface area contributed by atoms with Crippen LogP contribution < -0.4 is 0 Å². The minimum Gasteiger partial charge on any atom is -0.469 e. The number of carbonyl (C=O) groups is 1. The average molecular weight is 236 g/mol. The lowest BCUT2D eigenvalue weighted by Gasteiger charge is -2.11. The molecule has 0 fully saturated rings. The van der Waals surface area contributed by atoms with Crippen LogP contribution in [0.5, 0.6) is 0 Å². The van der Waals surface area contributed by atoms with Crippen molar-refractivity contribution in [2.75, 3.05) is 13.4 Å². The summed E-state index contributed by atoms with van der Waals surface area (Å²) < 4.78 is 4.58. The van der Waals surface area contributed by atoms with Gasteiger partial charge in [-0.15, -0.1) is 0 Å². The SMILES string of the molecule is CC[C@H](CCCCC(=O)OC)SSC. The lowest BCUT2D eigenvalue weighted by molar-refractivity contribution is -0.140. The molecule has 0 unspecified atom stereocenters. The molecule has 0 rings (SSSR count). The number of esters is 1. The van der Waals surface area contributed by atoms with Crippen molar-refractivity contribution in [1.82, 2.24) is 0 Å². The molecule has 0 bridgehead atoms. The van der Waals surface area contributed by atoms with Crippen molar-refractivity contribution in [2.45, 2.75) is 44.3 Å². The topological polar surface area (TPSA) is 26.3 Å². The van der Waals surface area contributed by atoms with Crippen LogP contribution in [0.3, 0.4) is 0 Å². The molecule has 0 aromatic carbocycles. The predicted octanol–water partition coefficient (Wildman–Crippen LogP) is 3.51. The van der Waals surface area contributed by atoms with Gasteiger partial charge < -0.3 is 4.74 Å². The van der Waals surface area contributed by atoms with Gasteiger partial charge in [0, 0.05) is 11.7 Å². The highest BCUT2D eigenvalue weighted by Crippen LogP contribution is 2.29. The highest BCUT2D eigenvalue weighted by atomic mass is 33.1. The monoisotopic (exact) mass is 236 g/mol. The Bertz CT molecular complexity index is 151. The molecule has 0 amide bonds. The van der Waals surface area contributed by atoms with E-state index in [-0.39, 0.29) is 5.97 Å². The third-order valence-corrected chi connectivity index (χ3v) is 4.50. The van der Waals surface area contributed by atoms with Crippen LogP contribution in [0.4, 0.5) is 0 Å². The summed E-state index contributed by atoms with van der Waals surface area (Å²) in [5, 5.41) is 0.739. The van der Waals surface area contributed by atoms with E-state index >= 15 is 0 Å². The maximum Gasteiger partial charge on any atom is 0.305 e. The van der Waals surface area contributed by atoms with Crippen molar-refractivity contribution in [3.8, 4) is 0 Å². The summed E-state index contributed by atoms with van der Waals surface area (Å²) in [6.45, 7) is 2.22. The number of unbranched alkanes of at least 4 members (excludes halogenated alkanes) is 1. The van der Waals surface area contributed by atoms with Gasteiger partial charge in [-0.3, -0.25) is 4.79 Å². The van der Waals surface area contributed by atoms with E-state index in [1.54, 1.807) is 0 Å². The van der Waals surface area contributed by atoms with Gasteiger partial charge in [0.15, 0.2) is 0 Å². The van der Waals surface area contributed by atoms with E-state index in [9.17, 15) is 4.79 Å². The molecule has 0 aliphatic carbocycles. The van der Waals surface area contributed by atoms with E-state index in [1.165, 1.54) is 20.0 Å². The summed E-state index contributed by atoms with van der Waals surface area (Å²) in [7, 11) is 5.21. The first-order valence-corrected chi connectivity index (χ1v) is 7.63. The second-order valence-electron chi connectivity index (χ2n) is 3.12. The Balaban J connectivity index is 3.37. The highest BCUT2D eigenvalue weighted by molar-refractivity contribution is 8.76. The molecule has 0 saturated carbocycles. The number of ether oxygens (including phenoxy) is 1. The number of carbonyl (C=O) groups excluding carboxylic acids is 1. The summed E-state index contributed by atoms with van der Waals surface area (Å²) in [4.78, 5) is 10.8. The number of hydrogen-bond donors (Lipinski definition) is 0. The Labute approximate surface area is 94.9 Å². The number of hydrogen-bond acceptors (Lipinski definition) is 4. The molecule has 14 heavy (non-hydrogen) atoms. The molecule has 4 heteroatoms. The van der Waals surface area contributed by atoms with Crippen LogP contribution in [0.2, 0.25) is 0 Å². The Hall–Kier alpha value is 0.170. The molecule has 0 aromatic rings. The van der Waals surface area contributed by atoms with E-state index in [4.69, 9.17) is 0 Å². The largest absolute Gasteiger partial charge is 0.469 e. The van der Waals surface area contributed by atoms with Crippen molar-refractivity contribution in [1.29, 1.82) is 0 Å². The highest BCUT2D eigenvalue weighted by Gasteiger charge is 2.06. The van der Waals surface area contributed by atoms with Gasteiger partial charge in [-0.1, -0.05) is 34.9 Å². The van der Waals surface area contributed by atoms with Crippen LogP contribution in [0.1, 0.15) is 39.0 Å². The van der Waals surface area contributed by atoms with Gasteiger partial charge in [0.25, 0.3) is 0 Å². The van der Waals surface area contributed by atoms with Crippen LogP contribution in [0.15, 0.2) is 0 Å². The molecule has 1 atom stereocenters. The first kappa shape index (κ1) is 14.2. The van der Waals surface area contributed by atoms with Gasteiger partial charge in [-0.2, -0.15) is 0 Å². The van der Waals surface area contributed by atoms with Gasteiger partial charge in [0.2, 0.25) is 0 Å². The standard InChI is InChI=1S/C10H20O2S2/c1-4-9(14-13-3)7-5-6-8-10(11)12-2/h9H,4-8H2,1-3H3/t9-/m1/s1. The molecule has 0 aliphatic rings. The number of rotatable bonds is 8. The van der Waals surface area contributed by atoms with Crippen molar-refractivity contribution in [2.24, 2.45) is 0 Å². The molecule has 2 nitrogen and oxygen atoms in total. The van der Waals surface area contributed by atoms with E-state index in [0.29, 0.717) is 6.42 Å². The third kappa shape index (κ3) is 7.56. The zero-order chi connectivity index (χ0) is 10.8. The molecular weight excluding hydrogens is 216 g/mol. The van der Waals surface area contributed by atoms with Crippen LogP contribution in [0, 0.1) is 0 Å². The predicted molar refractivity (Wildman–Crippen MR) is 65.7 cm³/mol. The minimum atomic E-state index is -0.0874. The molecule has 0 N–H and O–H groups in total. The van der Waals surface area contributed by atoms with Gasteiger partial charge in [-0.25, -0.2) is 0 Å². The summed E-state index contributed by atoms with van der Waals surface area (Å²) >= 11 is 0. The Morgan fingerprint density at radius 2 is 2.14 bits per heavy atom. The summed E-state index contributed by atoms with van der Waals surface area (Å²) in [5.74, 6) is -0.0874. The first-order chi connectivity index (χ1) is 6.74. The van der Waals surface area contributed by atoms with E-state index < -0.39 is 0 Å². The Morgan fingerprint density at radius 3 is 2.64 bits per heavy atom. The smallest absolute Gasteiger partial charge is 0.305 e. The van der Waals surface area contributed by atoms with Crippen molar-refractivity contribution >= 4 is 27.6 Å². The lowest BCUT2D eigenvalue weighted by atomic mass is 10.1. The Morgan fingerprint density at radius 1 is 1.43 bits per heavy atom. The van der Waals surface area contributed by atoms with Crippen molar-refractivity contribution < 1.29 is 9.53 Å². The minimum absolute atomic E-state index is 0.0874. The summed E-state index contributed by atoms with van der Waals surface area (Å²) in [6.07, 6.45) is 7.18. The van der Waals surface area contributed by atoms with Crippen LogP contribution in [-0.4, -0.2) is 24.6 Å². The van der Waals surface area contributed by atoms with Crippen molar-refractivity contribution in [3.05, 3.63) is 0 Å². The summed E-state index contributed by atoms with van der Waals surface area (Å²) in [5.41, 5.74) is 0. The first-order valence-electron chi connectivity index (χ1n) is 5.00. The fourth-order valence-electron chi connectivity index (χ4n) is 1.20. The second-order valence-corrected chi connectivity index (χ2v) is 5.88. The zero-order valence-corrected chi connectivity index (χ0v) is 10.9. The van der Waals surface area contributed by atoms with E-state index in [1.807, 2.05) is 21.6 Å². The lowest BCUT2D eigenvalue weighted by Crippen LogP contribution is -2.02. The zero-order valence-electron chi connectivity index (χ0n) is 9.25. The molecule has 84 valence electrons. The van der Waals surface area contributed by atoms with Crippen LogP contribution in [0.25, 0.3) is 0 Å². The van der Waals surface area contributed by atoms with Gasteiger partial charge in [0.1, 0.15) is 0 Å². The molecule has 0 radical (unpaired) electrons.